The van der Waals surface area contributed by atoms with Crippen molar-refractivity contribution in [2.24, 2.45) is 5.16 Å². The molecule has 0 amide bonds. The molecule has 2 aliphatic rings. The lowest BCUT2D eigenvalue weighted by Gasteiger charge is -2.17. The Morgan fingerprint density at radius 2 is 1.95 bits per heavy atom. The molecule has 4 aromatic rings. The van der Waals surface area contributed by atoms with E-state index >= 15 is 0 Å². The molecule has 2 aliphatic carbocycles. The molecule has 8 heteroatoms. The summed E-state index contributed by atoms with van der Waals surface area (Å²) >= 11 is 1.76. The van der Waals surface area contributed by atoms with Crippen LogP contribution in [0.25, 0.3) is 21.3 Å². The smallest absolute Gasteiger partial charge is 0.343 e. The maximum Gasteiger partial charge on any atom is 0.343 e. The van der Waals surface area contributed by atoms with E-state index in [-0.39, 0.29) is 23.6 Å². The van der Waals surface area contributed by atoms with Crippen LogP contribution in [0.1, 0.15) is 58.6 Å². The van der Waals surface area contributed by atoms with E-state index in [2.05, 4.69) is 11.2 Å². The zero-order valence-corrected chi connectivity index (χ0v) is 22.9. The molecular formula is C31H30N2O5S. The highest BCUT2D eigenvalue weighted by Gasteiger charge is 2.30. The van der Waals surface area contributed by atoms with Crippen LogP contribution in [0.3, 0.4) is 0 Å². The molecule has 7 nitrogen and oxygen atoms in total. The van der Waals surface area contributed by atoms with Gasteiger partial charge >= 0.3 is 5.97 Å². The van der Waals surface area contributed by atoms with Gasteiger partial charge in [-0.25, -0.2) is 4.79 Å². The van der Waals surface area contributed by atoms with Crippen molar-refractivity contribution in [2.75, 3.05) is 13.7 Å². The van der Waals surface area contributed by atoms with E-state index in [1.807, 2.05) is 47.0 Å². The number of ether oxygens (including phenoxy) is 2. The van der Waals surface area contributed by atoms with Crippen molar-refractivity contribution in [1.82, 2.24) is 4.57 Å². The summed E-state index contributed by atoms with van der Waals surface area (Å²) in [6, 6.07) is 16.2. The molecule has 0 unspecified atom stereocenters. The van der Waals surface area contributed by atoms with Gasteiger partial charge in [-0.3, -0.25) is 4.79 Å². The van der Waals surface area contributed by atoms with Crippen molar-refractivity contribution in [1.29, 1.82) is 0 Å². The molecule has 0 N–H and O–H groups in total. The number of hydrogen-bond donors (Lipinski definition) is 0. The van der Waals surface area contributed by atoms with E-state index < -0.39 is 5.97 Å². The van der Waals surface area contributed by atoms with Gasteiger partial charge in [0.2, 0.25) is 5.43 Å². The number of esters is 1. The van der Waals surface area contributed by atoms with Gasteiger partial charge in [0.25, 0.3) is 0 Å². The number of oxime groups is 1. The van der Waals surface area contributed by atoms with Crippen molar-refractivity contribution >= 4 is 33.9 Å². The fraction of sp³-hybridized carbons (Fsp3) is 0.323. The first kappa shape index (κ1) is 25.4. The Labute approximate surface area is 230 Å². The fourth-order valence-corrected chi connectivity index (χ4v) is 6.39. The highest BCUT2D eigenvalue weighted by atomic mass is 32.1. The van der Waals surface area contributed by atoms with Crippen LogP contribution in [0, 0.1) is 0 Å². The average molecular weight is 543 g/mol. The van der Waals surface area contributed by atoms with Gasteiger partial charge in [-0.1, -0.05) is 35.5 Å². The van der Waals surface area contributed by atoms with Crippen molar-refractivity contribution < 1.29 is 19.1 Å². The van der Waals surface area contributed by atoms with Gasteiger partial charge in [0, 0.05) is 34.0 Å². The molecular weight excluding hydrogens is 512 g/mol. The molecule has 0 radical (unpaired) electrons. The lowest BCUT2D eigenvalue weighted by atomic mass is 9.96. The number of aryl methyl sites for hydroxylation is 1. The lowest BCUT2D eigenvalue weighted by molar-refractivity contribution is 0.0524. The van der Waals surface area contributed by atoms with Gasteiger partial charge in [0.1, 0.15) is 12.2 Å². The van der Waals surface area contributed by atoms with Crippen LogP contribution >= 0.6 is 11.3 Å². The minimum atomic E-state index is -0.585. The summed E-state index contributed by atoms with van der Waals surface area (Å²) < 4.78 is 13.2. The van der Waals surface area contributed by atoms with Crippen LogP contribution in [-0.2, 0) is 29.0 Å². The molecule has 6 rings (SSSR count). The first-order valence-corrected chi connectivity index (χ1v) is 14.2. The van der Waals surface area contributed by atoms with Crippen LogP contribution in [0.15, 0.2) is 64.7 Å². The predicted molar refractivity (Wildman–Crippen MR) is 153 cm³/mol. The standard InChI is InChI=1S/C31H30N2O5S/c1-3-37-31(35)25-17-33(22-10-11-22)28-24(29(25)34)13-12-23(30(28)36-2)27-16-20-15-21(9-14-26(20)39-27)32-38-18-19-7-5-4-6-8-19/h4-8,12-13,16-17,22H,3,9-11,14-15,18H2,1-2H3/b32-21-. The number of methoxy groups -OCH3 is 1. The average Bonchev–Trinajstić information content (AvgIpc) is 3.71. The number of carbonyl (C=O) groups is 1. The number of aromatic nitrogens is 1. The summed E-state index contributed by atoms with van der Waals surface area (Å²) in [4.78, 5) is 34.0. The predicted octanol–water partition coefficient (Wildman–Crippen LogP) is 6.31. The molecule has 0 spiro atoms. The number of benzene rings is 2. The zero-order valence-electron chi connectivity index (χ0n) is 22.1. The molecule has 2 heterocycles. The van der Waals surface area contributed by atoms with Gasteiger partial charge in [-0.2, -0.15) is 0 Å². The van der Waals surface area contributed by atoms with Gasteiger partial charge in [0.05, 0.1) is 30.3 Å². The number of nitrogens with zero attached hydrogens (tertiary/aromatic N) is 2. The first-order chi connectivity index (χ1) is 19.1. The topological polar surface area (TPSA) is 79.1 Å². The Bertz CT molecular complexity index is 1630. The van der Waals surface area contributed by atoms with Crippen molar-refractivity contribution in [3.63, 3.8) is 0 Å². The molecule has 2 aromatic carbocycles. The number of rotatable bonds is 8. The van der Waals surface area contributed by atoms with E-state index in [0.717, 1.165) is 59.3 Å². The summed E-state index contributed by atoms with van der Waals surface area (Å²) in [5.74, 6) is 0.0728. The maximum absolute atomic E-state index is 13.3. The number of thiophene rings is 1. The highest BCUT2D eigenvalue weighted by Crippen LogP contribution is 2.45. The first-order valence-electron chi connectivity index (χ1n) is 13.3. The summed E-state index contributed by atoms with van der Waals surface area (Å²) in [5, 5.41) is 4.91. The van der Waals surface area contributed by atoms with Gasteiger partial charge in [-0.15, -0.1) is 11.3 Å². The second-order valence-electron chi connectivity index (χ2n) is 9.93. The monoisotopic (exact) mass is 542 g/mol. The molecule has 39 heavy (non-hydrogen) atoms. The SMILES string of the molecule is CCOC(=O)c1cn(C2CC2)c2c(OC)c(-c3cc4c(s3)CC/C(=N/OCc3ccccc3)C4)ccc2c1=O. The third-order valence-corrected chi connectivity index (χ3v) is 8.52. The van der Waals surface area contributed by atoms with Crippen LogP contribution in [0.4, 0.5) is 0 Å². The Morgan fingerprint density at radius 3 is 2.69 bits per heavy atom. The Kier molecular flexibility index (Phi) is 6.95. The van der Waals surface area contributed by atoms with Crippen molar-refractivity contribution in [3.8, 4) is 16.2 Å². The normalized spacial score (nSPS) is 15.8. The summed E-state index contributed by atoms with van der Waals surface area (Å²) in [6.45, 7) is 2.42. The summed E-state index contributed by atoms with van der Waals surface area (Å²) in [6.07, 6.45) is 6.19. The van der Waals surface area contributed by atoms with Crippen molar-refractivity contribution in [2.45, 2.75) is 51.7 Å². The van der Waals surface area contributed by atoms with Crippen molar-refractivity contribution in [3.05, 3.63) is 86.5 Å². The largest absolute Gasteiger partial charge is 0.494 e. The van der Waals surface area contributed by atoms with E-state index in [4.69, 9.17) is 14.3 Å². The highest BCUT2D eigenvalue weighted by molar-refractivity contribution is 7.15. The number of carbonyl (C=O) groups excluding carboxylic acids is 1. The van der Waals surface area contributed by atoms with E-state index in [1.54, 1.807) is 31.6 Å². The van der Waals surface area contributed by atoms with E-state index in [1.165, 1.54) is 10.4 Å². The molecule has 2 aromatic heterocycles. The molecule has 0 bridgehead atoms. The molecule has 1 saturated carbocycles. The second kappa shape index (κ2) is 10.7. The van der Waals surface area contributed by atoms with Crippen LogP contribution in [-0.4, -0.2) is 30.0 Å². The van der Waals surface area contributed by atoms with Gasteiger partial charge < -0.3 is 18.9 Å². The number of fused-ring (bicyclic) bond motifs is 2. The molecule has 0 saturated heterocycles. The molecule has 0 atom stereocenters. The van der Waals surface area contributed by atoms with Gasteiger partial charge in [0.15, 0.2) is 5.75 Å². The van der Waals surface area contributed by atoms with Crippen LogP contribution in [0.2, 0.25) is 0 Å². The third-order valence-electron chi connectivity index (χ3n) is 7.25. The summed E-state index contributed by atoms with van der Waals surface area (Å²) in [5.41, 5.74) is 4.81. The van der Waals surface area contributed by atoms with Gasteiger partial charge in [-0.05, 0) is 61.9 Å². The third kappa shape index (κ3) is 4.96. The molecule has 200 valence electrons. The summed E-state index contributed by atoms with van der Waals surface area (Å²) in [7, 11) is 1.64. The Hall–Kier alpha value is -3.91. The molecule has 0 aliphatic heterocycles. The lowest BCUT2D eigenvalue weighted by Crippen LogP contribution is -2.21. The zero-order chi connectivity index (χ0) is 26.9. The minimum Gasteiger partial charge on any atom is -0.494 e. The second-order valence-corrected chi connectivity index (χ2v) is 11.1. The number of hydrogen-bond acceptors (Lipinski definition) is 7. The van der Waals surface area contributed by atoms with Crippen LogP contribution in [0.5, 0.6) is 5.75 Å². The van der Waals surface area contributed by atoms with E-state index in [9.17, 15) is 9.59 Å². The minimum absolute atomic E-state index is 0.0685. The quantitative estimate of drug-likeness (QED) is 0.193. The Balaban J connectivity index is 1.34. The molecule has 1 fully saturated rings. The fourth-order valence-electron chi connectivity index (χ4n) is 5.19. The Morgan fingerprint density at radius 1 is 1.13 bits per heavy atom. The maximum atomic E-state index is 13.3. The van der Waals surface area contributed by atoms with Crippen LogP contribution < -0.4 is 10.2 Å². The van der Waals surface area contributed by atoms with E-state index in [0.29, 0.717) is 17.7 Å². The number of pyridine rings is 1.